The van der Waals surface area contributed by atoms with Gasteiger partial charge >= 0.3 is 12.3 Å². The Kier molecular flexibility index (Phi) is 8.31. The van der Waals surface area contributed by atoms with Gasteiger partial charge in [0, 0.05) is 80.8 Å². The number of carboxylic acid groups (broad SMARTS) is 1. The average molecular weight is 500 g/mol. The van der Waals surface area contributed by atoms with Gasteiger partial charge in [0.1, 0.15) is 23.8 Å². The van der Waals surface area contributed by atoms with Crippen LogP contribution in [-0.2, 0) is 6.54 Å². The predicted octanol–water partition coefficient (Wildman–Crippen LogP) is 4.53. The van der Waals surface area contributed by atoms with Crippen molar-refractivity contribution in [2.24, 2.45) is 0 Å². The third kappa shape index (κ3) is 6.13. The number of alkyl halides is 3. The van der Waals surface area contributed by atoms with Crippen molar-refractivity contribution >= 4 is 68.3 Å². The number of aromatic carboxylic acids is 1. The SMILES string of the molecule is O=C(O)c1cc2c(-c3ccnc(F)c3)nccc2n1CCOc1ccc(OC(F)(F)F)cc1.[K]. The Morgan fingerprint density at radius 1 is 1.00 bits per heavy atom. The Labute approximate surface area is 232 Å². The molecule has 12 heteroatoms. The number of benzene rings is 1. The first-order valence-corrected chi connectivity index (χ1v) is 9.53. The normalized spacial score (nSPS) is 11.2. The number of carboxylic acids is 1. The summed E-state index contributed by atoms with van der Waals surface area (Å²) >= 11 is 0. The minimum Gasteiger partial charge on any atom is -0.492 e. The second kappa shape index (κ2) is 10.8. The molecule has 0 bridgehead atoms. The van der Waals surface area contributed by atoms with Crippen molar-refractivity contribution in [1.29, 1.82) is 0 Å². The Hall–Kier alpha value is -2.51. The molecule has 0 fully saturated rings. The van der Waals surface area contributed by atoms with Gasteiger partial charge in [0.2, 0.25) is 5.95 Å². The van der Waals surface area contributed by atoms with Gasteiger partial charge in [-0.25, -0.2) is 9.78 Å². The van der Waals surface area contributed by atoms with Crippen LogP contribution in [0.4, 0.5) is 17.6 Å². The number of ether oxygens (including phenoxy) is 2. The molecule has 4 rings (SSSR count). The number of aromatic nitrogens is 3. The van der Waals surface area contributed by atoms with E-state index in [1.165, 1.54) is 41.2 Å². The van der Waals surface area contributed by atoms with Gasteiger partial charge in [-0.15, -0.1) is 13.2 Å². The number of carbonyl (C=O) groups is 1. The molecule has 0 aliphatic heterocycles. The molecular weight excluding hydrogens is 485 g/mol. The molecule has 0 spiro atoms. The summed E-state index contributed by atoms with van der Waals surface area (Å²) in [5.74, 6) is -1.96. The van der Waals surface area contributed by atoms with Crippen LogP contribution in [0.2, 0.25) is 0 Å². The topological polar surface area (TPSA) is 86.5 Å². The molecule has 3 heterocycles. The molecule has 0 aliphatic carbocycles. The molecule has 0 unspecified atom stereocenters. The fourth-order valence-corrected chi connectivity index (χ4v) is 3.38. The largest absolute Gasteiger partial charge is 0.573 e. The van der Waals surface area contributed by atoms with Crippen molar-refractivity contribution in [3.63, 3.8) is 0 Å². The average Bonchev–Trinajstić information content (AvgIpc) is 3.13. The van der Waals surface area contributed by atoms with Crippen LogP contribution >= 0.6 is 0 Å². The molecule has 0 amide bonds. The van der Waals surface area contributed by atoms with Gasteiger partial charge < -0.3 is 19.1 Å². The number of rotatable bonds is 7. The molecule has 0 aliphatic rings. The molecule has 3 aromatic heterocycles. The van der Waals surface area contributed by atoms with Crippen molar-refractivity contribution < 1.29 is 36.9 Å². The zero-order valence-corrected chi connectivity index (χ0v) is 20.8. The Morgan fingerprint density at radius 3 is 2.32 bits per heavy atom. The minimum absolute atomic E-state index is 0. The molecule has 1 aromatic carbocycles. The molecule has 0 atom stereocenters. The van der Waals surface area contributed by atoms with E-state index in [9.17, 15) is 27.5 Å². The molecule has 1 radical (unpaired) electrons. The number of fused-ring (bicyclic) bond motifs is 1. The summed E-state index contributed by atoms with van der Waals surface area (Å²) in [6.07, 6.45) is -2.02. The molecule has 1 N–H and O–H groups in total. The van der Waals surface area contributed by atoms with Crippen LogP contribution in [0.15, 0.2) is 60.9 Å². The standard InChI is InChI=1S/C22H15F4N3O4.K/c23-19-11-13(5-7-27-19)20-16-12-18(21(30)31)29(17(16)6-8-28-20)9-10-32-14-1-3-15(4-2-14)33-22(24,25)26;/h1-8,11-12H,9-10H2,(H,30,31);. The molecule has 171 valence electrons. The predicted molar refractivity (Wildman–Crippen MR) is 114 cm³/mol. The van der Waals surface area contributed by atoms with Crippen molar-refractivity contribution in [2.75, 3.05) is 6.61 Å². The molecule has 34 heavy (non-hydrogen) atoms. The van der Waals surface area contributed by atoms with Crippen LogP contribution in [0.25, 0.3) is 22.2 Å². The van der Waals surface area contributed by atoms with E-state index in [1.807, 2.05) is 0 Å². The van der Waals surface area contributed by atoms with Gasteiger partial charge in [0.25, 0.3) is 0 Å². The van der Waals surface area contributed by atoms with Crippen molar-refractivity contribution in [3.8, 4) is 22.8 Å². The van der Waals surface area contributed by atoms with Crippen LogP contribution in [-0.4, -0.2) is 90.0 Å². The third-order valence-electron chi connectivity index (χ3n) is 4.69. The van der Waals surface area contributed by atoms with E-state index in [0.717, 1.165) is 12.1 Å². The number of nitrogens with zero attached hydrogens (tertiary/aromatic N) is 3. The van der Waals surface area contributed by atoms with Crippen LogP contribution in [0.3, 0.4) is 0 Å². The number of halogens is 4. The van der Waals surface area contributed by atoms with Crippen molar-refractivity contribution in [1.82, 2.24) is 14.5 Å². The second-order valence-corrected chi connectivity index (χ2v) is 6.81. The van der Waals surface area contributed by atoms with Crippen LogP contribution < -0.4 is 9.47 Å². The maximum Gasteiger partial charge on any atom is 0.573 e. The monoisotopic (exact) mass is 500 g/mol. The third-order valence-corrected chi connectivity index (χ3v) is 4.69. The Morgan fingerprint density at radius 2 is 1.68 bits per heavy atom. The summed E-state index contributed by atoms with van der Waals surface area (Å²) in [5, 5.41) is 10.2. The van der Waals surface area contributed by atoms with Gasteiger partial charge in [0.15, 0.2) is 0 Å². The van der Waals surface area contributed by atoms with Crippen molar-refractivity contribution in [2.45, 2.75) is 12.9 Å². The van der Waals surface area contributed by atoms with E-state index in [1.54, 1.807) is 12.1 Å². The fourth-order valence-electron chi connectivity index (χ4n) is 3.38. The van der Waals surface area contributed by atoms with E-state index >= 15 is 0 Å². The maximum atomic E-state index is 13.6. The van der Waals surface area contributed by atoms with Crippen LogP contribution in [0, 0.1) is 5.95 Å². The smallest absolute Gasteiger partial charge is 0.492 e. The fraction of sp³-hybridized carbons (Fsp3) is 0.136. The van der Waals surface area contributed by atoms with Crippen molar-refractivity contribution in [3.05, 3.63) is 72.6 Å². The van der Waals surface area contributed by atoms with Gasteiger partial charge in [0.05, 0.1) is 17.8 Å². The first-order valence-electron chi connectivity index (χ1n) is 9.53. The minimum atomic E-state index is -4.79. The van der Waals surface area contributed by atoms with E-state index in [4.69, 9.17) is 4.74 Å². The molecule has 0 saturated heterocycles. The zero-order chi connectivity index (χ0) is 23.6. The Balaban J connectivity index is 0.00000324. The molecule has 0 saturated carbocycles. The van der Waals surface area contributed by atoms with Gasteiger partial charge in [-0.2, -0.15) is 4.39 Å². The first-order chi connectivity index (χ1) is 15.7. The zero-order valence-electron chi connectivity index (χ0n) is 17.7. The summed E-state index contributed by atoms with van der Waals surface area (Å²) in [7, 11) is 0. The maximum absolute atomic E-state index is 13.6. The van der Waals surface area contributed by atoms with Gasteiger partial charge in [-0.3, -0.25) is 4.98 Å². The van der Waals surface area contributed by atoms with Gasteiger partial charge in [-0.05, 0) is 42.5 Å². The second-order valence-electron chi connectivity index (χ2n) is 6.81. The van der Waals surface area contributed by atoms with E-state index in [0.29, 0.717) is 22.2 Å². The molecular formula is C22H15F4KN3O4. The molecule has 7 nitrogen and oxygen atoms in total. The van der Waals surface area contributed by atoms with E-state index < -0.39 is 18.3 Å². The first kappa shape index (κ1) is 26.1. The van der Waals surface area contributed by atoms with E-state index in [2.05, 4.69) is 14.7 Å². The number of hydrogen-bond acceptors (Lipinski definition) is 5. The van der Waals surface area contributed by atoms with Crippen LogP contribution in [0.1, 0.15) is 10.5 Å². The molecule has 4 aromatic rings. The van der Waals surface area contributed by atoms with E-state index in [-0.39, 0.29) is 81.7 Å². The quantitative estimate of drug-likeness (QED) is 0.228. The number of hydrogen-bond donors (Lipinski definition) is 1. The summed E-state index contributed by atoms with van der Waals surface area (Å²) in [6, 6.07) is 10.7. The Bertz CT molecular complexity index is 1310. The summed E-state index contributed by atoms with van der Waals surface area (Å²) in [5.41, 5.74) is 1.37. The van der Waals surface area contributed by atoms with Crippen LogP contribution in [0.5, 0.6) is 11.5 Å². The van der Waals surface area contributed by atoms with Gasteiger partial charge in [-0.1, -0.05) is 0 Å². The summed E-state index contributed by atoms with van der Waals surface area (Å²) in [6.45, 7) is 0.158. The summed E-state index contributed by atoms with van der Waals surface area (Å²) < 4.78 is 61.2. The number of pyridine rings is 2. The summed E-state index contributed by atoms with van der Waals surface area (Å²) in [4.78, 5) is 19.6.